The molecule has 0 aliphatic rings. The van der Waals surface area contributed by atoms with Gasteiger partial charge in [-0.1, -0.05) is 48.0 Å². The molecular formula is C27H31ClN2O4S. The summed E-state index contributed by atoms with van der Waals surface area (Å²) >= 11 is 6.16. The number of carbonyl (C=O) groups is 1. The van der Waals surface area contributed by atoms with Gasteiger partial charge in [0.05, 0.1) is 16.7 Å². The molecule has 0 fully saturated rings. The van der Waals surface area contributed by atoms with E-state index < -0.39 is 10.0 Å². The zero-order valence-electron chi connectivity index (χ0n) is 20.2. The second-order valence-corrected chi connectivity index (χ2v) is 10.8. The van der Waals surface area contributed by atoms with E-state index in [0.717, 1.165) is 22.0 Å². The van der Waals surface area contributed by atoms with Crippen molar-refractivity contribution in [1.82, 2.24) is 5.32 Å². The van der Waals surface area contributed by atoms with E-state index >= 15 is 0 Å². The molecule has 0 bridgehead atoms. The van der Waals surface area contributed by atoms with Crippen LogP contribution in [0.15, 0.2) is 77.7 Å². The summed E-state index contributed by atoms with van der Waals surface area (Å²) < 4.78 is 33.7. The lowest BCUT2D eigenvalue weighted by Crippen LogP contribution is -2.41. The molecule has 0 saturated heterocycles. The summed E-state index contributed by atoms with van der Waals surface area (Å²) in [5, 5.41) is 3.24. The smallest absolute Gasteiger partial charge is 0.264 e. The van der Waals surface area contributed by atoms with E-state index in [2.05, 4.69) is 5.32 Å². The Bertz CT molecular complexity index is 1250. The number of benzene rings is 3. The van der Waals surface area contributed by atoms with Crippen molar-refractivity contribution in [3.05, 3.63) is 88.9 Å². The zero-order valence-corrected chi connectivity index (χ0v) is 21.8. The first-order valence-electron chi connectivity index (χ1n) is 11.5. The van der Waals surface area contributed by atoms with Crippen molar-refractivity contribution in [2.24, 2.45) is 0 Å². The minimum absolute atomic E-state index is 0.0998. The van der Waals surface area contributed by atoms with E-state index in [1.54, 1.807) is 43.3 Å². The van der Waals surface area contributed by atoms with Crippen LogP contribution in [-0.2, 0) is 21.2 Å². The molecule has 0 saturated carbocycles. The molecule has 8 heteroatoms. The Kier molecular flexibility index (Phi) is 9.18. The van der Waals surface area contributed by atoms with Crippen LogP contribution in [0.4, 0.5) is 5.69 Å². The molecule has 3 aromatic rings. The van der Waals surface area contributed by atoms with Crippen LogP contribution in [0.5, 0.6) is 5.75 Å². The van der Waals surface area contributed by atoms with E-state index in [9.17, 15) is 13.2 Å². The average molecular weight is 515 g/mol. The van der Waals surface area contributed by atoms with Gasteiger partial charge in [0.15, 0.2) is 0 Å². The molecule has 0 aliphatic carbocycles. The molecular weight excluding hydrogens is 484 g/mol. The summed E-state index contributed by atoms with van der Waals surface area (Å²) in [4.78, 5) is 12.9. The van der Waals surface area contributed by atoms with Crippen LogP contribution in [0.25, 0.3) is 0 Å². The number of ether oxygens (including phenoxy) is 1. The molecule has 0 aliphatic heterocycles. The predicted octanol–water partition coefficient (Wildman–Crippen LogP) is 5.38. The van der Waals surface area contributed by atoms with Crippen LogP contribution >= 0.6 is 11.6 Å². The number of aryl methyl sites for hydroxylation is 2. The van der Waals surface area contributed by atoms with Gasteiger partial charge in [0.1, 0.15) is 12.3 Å². The highest BCUT2D eigenvalue weighted by atomic mass is 35.5. The summed E-state index contributed by atoms with van der Waals surface area (Å²) in [5.41, 5.74) is 2.18. The van der Waals surface area contributed by atoms with Crippen molar-refractivity contribution in [3.63, 3.8) is 0 Å². The Morgan fingerprint density at radius 2 is 1.77 bits per heavy atom. The number of halogens is 1. The normalized spacial score (nSPS) is 11.3. The van der Waals surface area contributed by atoms with Crippen molar-refractivity contribution in [1.29, 1.82) is 0 Å². The van der Waals surface area contributed by atoms with Gasteiger partial charge in [-0.15, -0.1) is 0 Å². The zero-order chi connectivity index (χ0) is 25.4. The molecule has 0 unspecified atom stereocenters. The molecule has 6 nitrogen and oxygen atoms in total. The Balaban J connectivity index is 1.68. The minimum atomic E-state index is -3.98. The first kappa shape index (κ1) is 26.6. The number of nitrogens with zero attached hydrogens (tertiary/aromatic N) is 1. The summed E-state index contributed by atoms with van der Waals surface area (Å²) in [6.45, 7) is 5.81. The molecule has 0 heterocycles. The number of hydrogen-bond donors (Lipinski definition) is 1. The molecule has 1 N–H and O–H groups in total. The number of hydrogen-bond acceptors (Lipinski definition) is 4. The van der Waals surface area contributed by atoms with Gasteiger partial charge in [-0.2, -0.15) is 0 Å². The van der Waals surface area contributed by atoms with Crippen molar-refractivity contribution < 1.29 is 17.9 Å². The average Bonchev–Trinajstić information content (AvgIpc) is 2.82. The maximum absolute atomic E-state index is 13.4. The highest BCUT2D eigenvalue weighted by Crippen LogP contribution is 2.29. The first-order valence-corrected chi connectivity index (χ1v) is 13.3. The van der Waals surface area contributed by atoms with Gasteiger partial charge in [0.25, 0.3) is 10.0 Å². The molecule has 0 radical (unpaired) electrons. The van der Waals surface area contributed by atoms with Crippen LogP contribution in [0.1, 0.15) is 31.4 Å². The maximum atomic E-state index is 13.4. The molecule has 1 amide bonds. The number of amides is 1. The quantitative estimate of drug-likeness (QED) is 0.348. The van der Waals surface area contributed by atoms with E-state index in [0.29, 0.717) is 29.2 Å². The Hall–Kier alpha value is -3.03. The third-order valence-corrected chi connectivity index (χ3v) is 7.30. The number of rotatable bonds is 11. The Labute approximate surface area is 212 Å². The van der Waals surface area contributed by atoms with Crippen molar-refractivity contribution in [2.45, 2.75) is 44.6 Å². The van der Waals surface area contributed by atoms with Gasteiger partial charge >= 0.3 is 0 Å². The van der Waals surface area contributed by atoms with Gasteiger partial charge in [0.2, 0.25) is 5.91 Å². The van der Waals surface area contributed by atoms with E-state index in [4.69, 9.17) is 16.3 Å². The van der Waals surface area contributed by atoms with E-state index in [1.807, 2.05) is 38.1 Å². The van der Waals surface area contributed by atoms with Gasteiger partial charge in [-0.3, -0.25) is 9.10 Å². The number of nitrogens with one attached hydrogen (secondary N) is 1. The molecule has 3 aromatic carbocycles. The SMILES string of the molecule is Cc1ccc(Cl)cc1N(CC(=O)NCCCc1cccc(OC(C)C)c1)S(=O)(=O)c1ccccc1. The molecule has 0 spiro atoms. The largest absolute Gasteiger partial charge is 0.491 e. The Morgan fingerprint density at radius 3 is 2.49 bits per heavy atom. The molecule has 35 heavy (non-hydrogen) atoms. The third kappa shape index (κ3) is 7.47. The van der Waals surface area contributed by atoms with Crippen LogP contribution in [0.3, 0.4) is 0 Å². The fourth-order valence-corrected chi connectivity index (χ4v) is 5.29. The van der Waals surface area contributed by atoms with Gasteiger partial charge < -0.3 is 10.1 Å². The second kappa shape index (κ2) is 12.1. The molecule has 0 atom stereocenters. The van der Waals surface area contributed by atoms with E-state index in [-0.39, 0.29) is 23.5 Å². The Morgan fingerprint density at radius 1 is 1.03 bits per heavy atom. The van der Waals surface area contributed by atoms with Crippen LogP contribution in [0, 0.1) is 6.92 Å². The lowest BCUT2D eigenvalue weighted by atomic mass is 10.1. The lowest BCUT2D eigenvalue weighted by Gasteiger charge is -2.26. The fourth-order valence-electron chi connectivity index (χ4n) is 3.62. The number of carbonyl (C=O) groups excluding carboxylic acids is 1. The monoisotopic (exact) mass is 514 g/mol. The number of sulfonamides is 1. The third-order valence-electron chi connectivity index (χ3n) is 5.29. The topological polar surface area (TPSA) is 75.7 Å². The predicted molar refractivity (Wildman–Crippen MR) is 141 cm³/mol. The van der Waals surface area contributed by atoms with Crippen LogP contribution in [0.2, 0.25) is 5.02 Å². The molecule has 186 valence electrons. The second-order valence-electron chi connectivity index (χ2n) is 8.52. The summed E-state index contributed by atoms with van der Waals surface area (Å²) in [5.74, 6) is 0.431. The van der Waals surface area contributed by atoms with Gasteiger partial charge in [-0.05, 0) is 81.1 Å². The summed E-state index contributed by atoms with van der Waals surface area (Å²) in [6.07, 6.45) is 1.57. The van der Waals surface area contributed by atoms with Crippen LogP contribution in [-0.4, -0.2) is 33.5 Å². The van der Waals surface area contributed by atoms with Gasteiger partial charge in [-0.25, -0.2) is 8.42 Å². The van der Waals surface area contributed by atoms with E-state index in [1.165, 1.54) is 12.1 Å². The molecule has 0 aromatic heterocycles. The summed E-state index contributed by atoms with van der Waals surface area (Å²) in [7, 11) is -3.98. The first-order chi connectivity index (χ1) is 16.7. The minimum Gasteiger partial charge on any atom is -0.491 e. The van der Waals surface area contributed by atoms with Crippen LogP contribution < -0.4 is 14.4 Å². The number of anilines is 1. The molecule has 3 rings (SSSR count). The fraction of sp³-hybridized carbons (Fsp3) is 0.296. The van der Waals surface area contributed by atoms with Crippen molar-refractivity contribution in [3.8, 4) is 5.75 Å². The highest BCUT2D eigenvalue weighted by Gasteiger charge is 2.28. The van der Waals surface area contributed by atoms with Gasteiger partial charge in [0, 0.05) is 11.6 Å². The highest BCUT2D eigenvalue weighted by molar-refractivity contribution is 7.92. The maximum Gasteiger partial charge on any atom is 0.264 e. The summed E-state index contributed by atoms with van der Waals surface area (Å²) in [6, 6.07) is 20.9. The van der Waals surface area contributed by atoms with Crippen molar-refractivity contribution >= 4 is 33.2 Å². The van der Waals surface area contributed by atoms with Crippen molar-refractivity contribution in [2.75, 3.05) is 17.4 Å². The standard InChI is InChI=1S/C27H31ClN2O4S/c1-20(2)34-24-11-7-9-22(17-24)10-8-16-29-27(31)19-30(26-18-23(28)15-14-21(26)3)35(32,33)25-12-5-4-6-13-25/h4-7,9,11-15,17-18,20H,8,10,16,19H2,1-3H3,(H,29,31). The lowest BCUT2D eigenvalue weighted by molar-refractivity contribution is -0.119.